The van der Waals surface area contributed by atoms with Crippen molar-refractivity contribution in [2.24, 2.45) is 0 Å². The lowest BCUT2D eigenvalue weighted by Gasteiger charge is -2.02. The lowest BCUT2D eigenvalue weighted by molar-refractivity contribution is -0.146. The molecule has 7 nitrogen and oxygen atoms in total. The highest BCUT2D eigenvalue weighted by atomic mass is 32.1. The van der Waals surface area contributed by atoms with Gasteiger partial charge in [0.2, 0.25) is 5.13 Å². The van der Waals surface area contributed by atoms with E-state index in [-0.39, 0.29) is 11.7 Å². The molecule has 0 aliphatic carbocycles. The second-order valence-electron chi connectivity index (χ2n) is 2.86. The number of nitrogens with zero attached hydrogens (tertiary/aromatic N) is 2. The van der Waals surface area contributed by atoms with E-state index in [9.17, 15) is 18.4 Å². The summed E-state index contributed by atoms with van der Waals surface area (Å²) in [6.45, 7) is -0.791. The Kier molecular flexibility index (Phi) is 5.52. The lowest BCUT2D eigenvalue weighted by atomic mass is 10.6. The molecule has 0 radical (unpaired) electrons. The van der Waals surface area contributed by atoms with Gasteiger partial charge in [-0.25, -0.2) is 13.6 Å². The topological polar surface area (TPSA) is 90.4 Å². The third-order valence-corrected chi connectivity index (χ3v) is 2.40. The van der Waals surface area contributed by atoms with Crippen LogP contribution in [-0.2, 0) is 19.1 Å². The van der Waals surface area contributed by atoms with E-state index in [1.54, 1.807) is 0 Å². The molecule has 0 atom stereocenters. The highest BCUT2D eigenvalue weighted by Crippen LogP contribution is 2.24. The molecular formula is C8H9F2N3O4S. The van der Waals surface area contributed by atoms with Gasteiger partial charge < -0.3 is 9.47 Å². The van der Waals surface area contributed by atoms with E-state index < -0.39 is 29.9 Å². The molecule has 0 saturated carbocycles. The van der Waals surface area contributed by atoms with Crippen LogP contribution in [0.5, 0.6) is 0 Å². The molecule has 10 heteroatoms. The Balaban J connectivity index is 2.33. The van der Waals surface area contributed by atoms with Crippen LogP contribution in [0.4, 0.5) is 13.9 Å². The minimum Gasteiger partial charge on any atom is -0.467 e. The average molecular weight is 281 g/mol. The minimum atomic E-state index is -2.73. The maximum Gasteiger partial charge on any atom is 0.331 e. The molecule has 0 unspecified atom stereocenters. The van der Waals surface area contributed by atoms with Crippen molar-refractivity contribution in [3.8, 4) is 0 Å². The molecule has 0 spiro atoms. The largest absolute Gasteiger partial charge is 0.467 e. The van der Waals surface area contributed by atoms with Crippen LogP contribution >= 0.6 is 11.3 Å². The quantitative estimate of drug-likeness (QED) is 0.768. The summed E-state index contributed by atoms with van der Waals surface area (Å²) in [4.78, 5) is 21.9. The zero-order valence-electron chi connectivity index (χ0n) is 9.18. The SMILES string of the molecule is COC(=O)COCC(=O)Nc1nnc(C(F)F)s1. The van der Waals surface area contributed by atoms with Gasteiger partial charge in [-0.05, 0) is 0 Å². The zero-order chi connectivity index (χ0) is 13.5. The number of methoxy groups -OCH3 is 1. The van der Waals surface area contributed by atoms with Gasteiger partial charge in [-0.2, -0.15) is 0 Å². The number of alkyl halides is 2. The number of esters is 1. The molecule has 0 aliphatic heterocycles. The molecule has 0 fully saturated rings. The van der Waals surface area contributed by atoms with Gasteiger partial charge in [-0.15, -0.1) is 10.2 Å². The predicted octanol–water partition coefficient (Wildman–Crippen LogP) is 0.604. The number of nitrogens with one attached hydrogen (secondary N) is 1. The lowest BCUT2D eigenvalue weighted by Crippen LogP contribution is -2.21. The molecule has 1 amide bonds. The summed E-state index contributed by atoms with van der Waals surface area (Å²) in [6, 6.07) is 0. The molecule has 0 aromatic carbocycles. The molecule has 1 aromatic heterocycles. The number of hydrogen-bond acceptors (Lipinski definition) is 7. The third-order valence-electron chi connectivity index (χ3n) is 1.55. The molecule has 1 aromatic rings. The van der Waals surface area contributed by atoms with Crippen LogP contribution in [0.1, 0.15) is 11.4 Å². The van der Waals surface area contributed by atoms with Crippen molar-refractivity contribution in [1.82, 2.24) is 10.2 Å². The smallest absolute Gasteiger partial charge is 0.331 e. The Hall–Kier alpha value is -1.68. The Morgan fingerprint density at radius 3 is 2.67 bits per heavy atom. The van der Waals surface area contributed by atoms with Crippen molar-refractivity contribution < 1.29 is 27.8 Å². The first-order valence-corrected chi connectivity index (χ1v) is 5.40. The first-order chi connectivity index (χ1) is 8.52. The summed E-state index contributed by atoms with van der Waals surface area (Å²) in [6.07, 6.45) is -2.73. The normalized spacial score (nSPS) is 10.4. The van der Waals surface area contributed by atoms with Gasteiger partial charge >= 0.3 is 5.97 Å². The molecule has 0 saturated heterocycles. The fraction of sp³-hybridized carbons (Fsp3) is 0.500. The molecule has 1 rings (SSSR count). The molecule has 100 valence electrons. The zero-order valence-corrected chi connectivity index (χ0v) is 10.00. The van der Waals surface area contributed by atoms with E-state index in [2.05, 4.69) is 20.3 Å². The molecule has 0 bridgehead atoms. The van der Waals surface area contributed by atoms with Crippen molar-refractivity contribution in [3.63, 3.8) is 0 Å². The van der Waals surface area contributed by atoms with E-state index in [1.165, 1.54) is 7.11 Å². The standard InChI is InChI=1S/C8H9F2N3O4S/c1-16-5(15)3-17-2-4(14)11-8-13-12-7(18-8)6(9)10/h6H,2-3H2,1H3,(H,11,13,14). The van der Waals surface area contributed by atoms with Crippen molar-refractivity contribution in [2.75, 3.05) is 25.6 Å². The van der Waals surface area contributed by atoms with E-state index in [4.69, 9.17) is 4.74 Å². The number of aromatic nitrogens is 2. The molecule has 1 heterocycles. The highest BCUT2D eigenvalue weighted by Gasteiger charge is 2.15. The van der Waals surface area contributed by atoms with Gasteiger partial charge in [0.15, 0.2) is 5.01 Å². The van der Waals surface area contributed by atoms with E-state index in [1.807, 2.05) is 0 Å². The van der Waals surface area contributed by atoms with Crippen LogP contribution < -0.4 is 5.32 Å². The highest BCUT2D eigenvalue weighted by molar-refractivity contribution is 7.15. The summed E-state index contributed by atoms with van der Waals surface area (Å²) in [5.74, 6) is -1.26. The Bertz CT molecular complexity index is 426. The summed E-state index contributed by atoms with van der Waals surface area (Å²) >= 11 is 0.562. The fourth-order valence-electron chi connectivity index (χ4n) is 0.815. The van der Waals surface area contributed by atoms with Crippen molar-refractivity contribution >= 4 is 28.3 Å². The number of hydrogen-bond donors (Lipinski definition) is 1. The Labute approximate surface area is 104 Å². The number of carbonyl (C=O) groups excluding carboxylic acids is 2. The first kappa shape index (κ1) is 14.4. The van der Waals surface area contributed by atoms with Crippen LogP contribution in [0.15, 0.2) is 0 Å². The van der Waals surface area contributed by atoms with Gasteiger partial charge in [0.05, 0.1) is 7.11 Å². The minimum absolute atomic E-state index is 0.0584. The van der Waals surface area contributed by atoms with Gasteiger partial charge in [-0.1, -0.05) is 11.3 Å². The van der Waals surface area contributed by atoms with Crippen LogP contribution in [0.25, 0.3) is 0 Å². The van der Waals surface area contributed by atoms with Crippen LogP contribution in [-0.4, -0.2) is 42.4 Å². The maximum atomic E-state index is 12.2. The number of amides is 1. The summed E-state index contributed by atoms with van der Waals surface area (Å²) < 4.78 is 33.3. The van der Waals surface area contributed by atoms with Crippen molar-refractivity contribution in [3.05, 3.63) is 5.01 Å². The number of ether oxygens (including phenoxy) is 2. The Morgan fingerprint density at radius 2 is 2.11 bits per heavy atom. The van der Waals surface area contributed by atoms with Gasteiger partial charge in [0, 0.05) is 0 Å². The summed E-state index contributed by atoms with van der Waals surface area (Å²) in [5.41, 5.74) is 0. The first-order valence-electron chi connectivity index (χ1n) is 4.59. The van der Waals surface area contributed by atoms with E-state index in [0.29, 0.717) is 11.3 Å². The maximum absolute atomic E-state index is 12.2. The van der Waals surface area contributed by atoms with Gasteiger partial charge in [-0.3, -0.25) is 10.1 Å². The van der Waals surface area contributed by atoms with Crippen LogP contribution in [0.2, 0.25) is 0 Å². The molecule has 1 N–H and O–H groups in total. The Morgan fingerprint density at radius 1 is 1.39 bits per heavy atom. The third kappa shape index (κ3) is 4.67. The molecular weight excluding hydrogens is 272 g/mol. The van der Waals surface area contributed by atoms with Crippen LogP contribution in [0, 0.1) is 0 Å². The summed E-state index contributed by atoms with van der Waals surface area (Å²) in [5, 5.41) is 8.19. The van der Waals surface area contributed by atoms with Crippen molar-refractivity contribution in [2.45, 2.75) is 6.43 Å². The number of halogens is 2. The van der Waals surface area contributed by atoms with Crippen LogP contribution in [0.3, 0.4) is 0 Å². The molecule has 0 aliphatic rings. The second kappa shape index (κ2) is 6.91. The van der Waals surface area contributed by atoms with Gasteiger partial charge in [0.25, 0.3) is 12.3 Å². The van der Waals surface area contributed by atoms with Crippen molar-refractivity contribution in [1.29, 1.82) is 0 Å². The second-order valence-corrected chi connectivity index (χ2v) is 3.87. The number of rotatable bonds is 6. The monoisotopic (exact) mass is 281 g/mol. The number of anilines is 1. The number of carbonyl (C=O) groups is 2. The van der Waals surface area contributed by atoms with Gasteiger partial charge in [0.1, 0.15) is 13.2 Å². The average Bonchev–Trinajstić information content (AvgIpc) is 2.77. The van der Waals surface area contributed by atoms with E-state index >= 15 is 0 Å². The van der Waals surface area contributed by atoms with E-state index in [0.717, 1.165) is 0 Å². The predicted molar refractivity (Wildman–Crippen MR) is 56.3 cm³/mol. The fourth-order valence-corrected chi connectivity index (χ4v) is 1.43. The summed E-state index contributed by atoms with van der Waals surface area (Å²) in [7, 11) is 1.18. The molecule has 18 heavy (non-hydrogen) atoms.